The Morgan fingerprint density at radius 1 is 1.17 bits per heavy atom. The highest BCUT2D eigenvalue weighted by molar-refractivity contribution is 7.99. The lowest BCUT2D eigenvalue weighted by Crippen LogP contribution is -2.07. The van der Waals surface area contributed by atoms with Gasteiger partial charge in [-0.2, -0.15) is 0 Å². The maximum Gasteiger partial charge on any atom is 0.231 e. The average Bonchev–Trinajstić information content (AvgIpc) is 3.45. The number of aromatic nitrogens is 5. The van der Waals surface area contributed by atoms with Crippen LogP contribution in [-0.2, 0) is 6.54 Å². The number of aryl methyl sites for hydroxylation is 2. The van der Waals surface area contributed by atoms with Gasteiger partial charge in [-0.15, -0.1) is 0 Å². The maximum atomic E-state index is 6.04. The number of imidazole rings is 1. The predicted octanol–water partition coefficient (Wildman–Crippen LogP) is 2.60. The van der Waals surface area contributed by atoms with E-state index in [0.29, 0.717) is 52.6 Å². The Labute approximate surface area is 175 Å². The molecule has 0 saturated carbocycles. The van der Waals surface area contributed by atoms with Crippen LogP contribution in [0.2, 0.25) is 0 Å². The number of hydrogen-bond acceptors (Lipinski definition) is 10. The third kappa shape index (κ3) is 3.21. The van der Waals surface area contributed by atoms with Crippen molar-refractivity contribution >= 4 is 28.7 Å². The standard InChI is InChI=1S/C19H19N7O3S/c1-10-7-22-18(29-10)11-5-12-13(28-9-27-12)6-14(11)30-19-25-15-16(21)23-8-24-17(15)26(19)4-2-3-20/h5-8H,2-4,9,20H2,1H3,(H2,21,23,24). The third-order valence-electron chi connectivity index (χ3n) is 4.64. The lowest BCUT2D eigenvalue weighted by atomic mass is 10.2. The topological polar surface area (TPSA) is 140 Å². The van der Waals surface area contributed by atoms with Crippen LogP contribution in [0.15, 0.2) is 39.1 Å². The molecule has 0 atom stereocenters. The van der Waals surface area contributed by atoms with E-state index in [9.17, 15) is 0 Å². The van der Waals surface area contributed by atoms with Gasteiger partial charge in [0.15, 0.2) is 33.6 Å². The molecule has 4 heterocycles. The van der Waals surface area contributed by atoms with Crippen LogP contribution < -0.4 is 20.9 Å². The summed E-state index contributed by atoms with van der Waals surface area (Å²) in [6.45, 7) is 3.23. The zero-order valence-corrected chi connectivity index (χ0v) is 17.0. The molecule has 4 aromatic rings. The first-order chi connectivity index (χ1) is 14.6. The molecule has 0 bridgehead atoms. The van der Waals surface area contributed by atoms with Gasteiger partial charge in [-0.3, -0.25) is 0 Å². The van der Waals surface area contributed by atoms with Crippen molar-refractivity contribution in [2.75, 3.05) is 19.1 Å². The summed E-state index contributed by atoms with van der Waals surface area (Å²) in [7, 11) is 0. The minimum absolute atomic E-state index is 0.175. The van der Waals surface area contributed by atoms with Gasteiger partial charge >= 0.3 is 0 Å². The van der Waals surface area contributed by atoms with E-state index in [1.165, 1.54) is 18.1 Å². The normalized spacial score (nSPS) is 12.7. The van der Waals surface area contributed by atoms with E-state index in [1.54, 1.807) is 6.20 Å². The highest BCUT2D eigenvalue weighted by Gasteiger charge is 2.23. The molecule has 0 fully saturated rings. The van der Waals surface area contributed by atoms with E-state index in [2.05, 4.69) is 15.0 Å². The average molecular weight is 425 g/mol. The summed E-state index contributed by atoms with van der Waals surface area (Å²) in [6, 6.07) is 3.78. The van der Waals surface area contributed by atoms with Crippen molar-refractivity contribution in [3.8, 4) is 23.0 Å². The highest BCUT2D eigenvalue weighted by atomic mass is 32.2. The highest BCUT2D eigenvalue weighted by Crippen LogP contribution is 2.44. The number of ether oxygens (including phenoxy) is 2. The SMILES string of the molecule is Cc1cnc(-c2cc3c(cc2Sc2nc4c(N)ncnc4n2CCCN)OCO3)o1. The maximum absolute atomic E-state index is 6.04. The molecule has 0 unspecified atom stereocenters. The second kappa shape index (κ2) is 7.50. The smallest absolute Gasteiger partial charge is 0.231 e. The van der Waals surface area contributed by atoms with Gasteiger partial charge in [-0.05, 0) is 32.0 Å². The number of rotatable bonds is 6. The van der Waals surface area contributed by atoms with Crippen molar-refractivity contribution < 1.29 is 13.9 Å². The summed E-state index contributed by atoms with van der Waals surface area (Å²) >= 11 is 1.45. The molecule has 4 N–H and O–H groups in total. The molecule has 1 aliphatic heterocycles. The quantitative estimate of drug-likeness (QED) is 0.473. The molecule has 3 aromatic heterocycles. The minimum atomic E-state index is 0.175. The minimum Gasteiger partial charge on any atom is -0.454 e. The molecular formula is C19H19N7O3S. The summed E-state index contributed by atoms with van der Waals surface area (Å²) in [4.78, 5) is 18.4. The number of anilines is 1. The first-order valence-corrected chi connectivity index (χ1v) is 10.2. The molecule has 0 spiro atoms. The summed E-state index contributed by atoms with van der Waals surface area (Å²) in [6.07, 6.45) is 3.89. The summed E-state index contributed by atoms with van der Waals surface area (Å²) < 4.78 is 18.9. The lowest BCUT2D eigenvalue weighted by Gasteiger charge is -2.10. The molecule has 30 heavy (non-hydrogen) atoms. The van der Waals surface area contributed by atoms with E-state index >= 15 is 0 Å². The largest absolute Gasteiger partial charge is 0.454 e. The molecule has 0 saturated heterocycles. The molecule has 5 rings (SSSR count). The van der Waals surface area contributed by atoms with Gasteiger partial charge in [0, 0.05) is 11.4 Å². The molecule has 1 aromatic carbocycles. The van der Waals surface area contributed by atoms with Gasteiger partial charge in [0.2, 0.25) is 12.7 Å². The van der Waals surface area contributed by atoms with E-state index in [0.717, 1.165) is 22.6 Å². The predicted molar refractivity (Wildman–Crippen MR) is 110 cm³/mol. The van der Waals surface area contributed by atoms with Crippen molar-refractivity contribution in [1.29, 1.82) is 0 Å². The Bertz CT molecular complexity index is 1240. The molecule has 0 radical (unpaired) electrons. The van der Waals surface area contributed by atoms with Crippen molar-refractivity contribution in [2.24, 2.45) is 5.73 Å². The second-order valence-electron chi connectivity index (χ2n) is 6.70. The molecule has 1 aliphatic rings. The van der Waals surface area contributed by atoms with Crippen molar-refractivity contribution in [2.45, 2.75) is 29.9 Å². The Kier molecular flexibility index (Phi) is 4.68. The van der Waals surface area contributed by atoms with Crippen LogP contribution in [-0.4, -0.2) is 37.8 Å². The third-order valence-corrected chi connectivity index (χ3v) is 5.69. The van der Waals surface area contributed by atoms with E-state index in [4.69, 9.17) is 30.3 Å². The number of nitrogen functional groups attached to an aromatic ring is 1. The summed E-state index contributed by atoms with van der Waals surface area (Å²) in [5.41, 5.74) is 13.8. The lowest BCUT2D eigenvalue weighted by molar-refractivity contribution is 0.174. The van der Waals surface area contributed by atoms with Crippen LogP contribution in [0.25, 0.3) is 22.6 Å². The summed E-state index contributed by atoms with van der Waals surface area (Å²) in [5, 5.41) is 0.717. The van der Waals surface area contributed by atoms with Crippen LogP contribution in [0.3, 0.4) is 0 Å². The molecule has 154 valence electrons. The zero-order chi connectivity index (χ0) is 20.7. The Balaban J connectivity index is 1.64. The van der Waals surface area contributed by atoms with Crippen molar-refractivity contribution in [3.05, 3.63) is 30.4 Å². The Morgan fingerprint density at radius 2 is 2.00 bits per heavy atom. The van der Waals surface area contributed by atoms with Crippen LogP contribution in [0, 0.1) is 6.92 Å². The number of benzene rings is 1. The number of hydrogen-bond donors (Lipinski definition) is 2. The molecule has 0 amide bonds. The van der Waals surface area contributed by atoms with Gasteiger partial charge in [0.1, 0.15) is 12.1 Å². The fourth-order valence-electron chi connectivity index (χ4n) is 3.22. The number of oxazole rings is 1. The van der Waals surface area contributed by atoms with Gasteiger partial charge in [0.05, 0.1) is 11.8 Å². The van der Waals surface area contributed by atoms with Gasteiger partial charge in [-0.25, -0.2) is 19.9 Å². The monoisotopic (exact) mass is 425 g/mol. The molecular weight excluding hydrogens is 406 g/mol. The van der Waals surface area contributed by atoms with Gasteiger partial charge < -0.3 is 29.9 Å². The fraction of sp³-hybridized carbons (Fsp3) is 0.263. The number of fused-ring (bicyclic) bond motifs is 2. The molecule has 11 heteroatoms. The van der Waals surface area contributed by atoms with Crippen molar-refractivity contribution in [3.63, 3.8) is 0 Å². The van der Waals surface area contributed by atoms with E-state index < -0.39 is 0 Å². The van der Waals surface area contributed by atoms with Crippen molar-refractivity contribution in [1.82, 2.24) is 24.5 Å². The summed E-state index contributed by atoms with van der Waals surface area (Å²) in [5.74, 6) is 2.86. The van der Waals surface area contributed by atoms with Crippen LogP contribution in [0.5, 0.6) is 11.5 Å². The molecule has 0 aliphatic carbocycles. The van der Waals surface area contributed by atoms with E-state index in [-0.39, 0.29) is 6.79 Å². The number of nitrogens with two attached hydrogens (primary N) is 2. The van der Waals surface area contributed by atoms with Crippen LogP contribution >= 0.6 is 11.8 Å². The number of nitrogens with zero attached hydrogens (tertiary/aromatic N) is 5. The first-order valence-electron chi connectivity index (χ1n) is 9.35. The zero-order valence-electron chi connectivity index (χ0n) is 16.2. The molecule has 10 nitrogen and oxygen atoms in total. The van der Waals surface area contributed by atoms with Gasteiger partial charge in [-0.1, -0.05) is 11.8 Å². The Morgan fingerprint density at radius 3 is 2.77 bits per heavy atom. The first kappa shape index (κ1) is 18.7. The van der Waals surface area contributed by atoms with Gasteiger partial charge in [0.25, 0.3) is 0 Å². The van der Waals surface area contributed by atoms with E-state index in [1.807, 2.05) is 23.6 Å². The Hall–Kier alpha value is -3.31. The van der Waals surface area contributed by atoms with Crippen LogP contribution in [0.4, 0.5) is 5.82 Å². The van der Waals surface area contributed by atoms with Crippen LogP contribution in [0.1, 0.15) is 12.2 Å². The fourth-order valence-corrected chi connectivity index (χ4v) is 4.26. The second-order valence-corrected chi connectivity index (χ2v) is 7.71.